The van der Waals surface area contributed by atoms with E-state index in [9.17, 15) is 0 Å². The van der Waals surface area contributed by atoms with Crippen molar-refractivity contribution in [2.45, 2.75) is 65.6 Å². The molecule has 0 spiro atoms. The van der Waals surface area contributed by atoms with Crippen molar-refractivity contribution in [3.8, 4) is 0 Å². The molecule has 0 radical (unpaired) electrons. The van der Waals surface area contributed by atoms with Gasteiger partial charge in [-0.15, -0.1) is 0 Å². The standard InChI is InChI=1S/C19H30O2/c1-4-6-7-13-19(3)14-20-18(21-15-19)17-11-9-16(8-5-2)10-12-17/h9-12,18H,4-8,13-15H2,1-3H3. The van der Waals surface area contributed by atoms with Crippen LogP contribution in [0.5, 0.6) is 0 Å². The first kappa shape index (κ1) is 16.5. The van der Waals surface area contributed by atoms with Crippen LogP contribution in [0, 0.1) is 5.41 Å². The van der Waals surface area contributed by atoms with E-state index >= 15 is 0 Å². The fourth-order valence-electron chi connectivity index (χ4n) is 2.91. The molecular formula is C19H30O2. The Balaban J connectivity index is 1.85. The number of rotatable bonds is 7. The molecule has 118 valence electrons. The van der Waals surface area contributed by atoms with Crippen molar-refractivity contribution in [3.05, 3.63) is 35.4 Å². The van der Waals surface area contributed by atoms with Crippen LogP contribution in [0.1, 0.15) is 70.3 Å². The molecule has 0 saturated carbocycles. The molecule has 1 aromatic rings. The molecule has 0 aromatic heterocycles. The van der Waals surface area contributed by atoms with Gasteiger partial charge >= 0.3 is 0 Å². The normalized spacial score (nSPS) is 26.0. The summed E-state index contributed by atoms with van der Waals surface area (Å²) >= 11 is 0. The summed E-state index contributed by atoms with van der Waals surface area (Å²) in [6.07, 6.45) is 7.19. The summed E-state index contributed by atoms with van der Waals surface area (Å²) in [5.41, 5.74) is 2.72. The third-order valence-electron chi connectivity index (χ3n) is 4.34. The topological polar surface area (TPSA) is 18.5 Å². The fraction of sp³-hybridized carbons (Fsp3) is 0.684. The SMILES string of the molecule is CCCCCC1(C)COC(c2ccc(CCC)cc2)OC1. The Bertz CT molecular complexity index is 402. The smallest absolute Gasteiger partial charge is 0.183 e. The van der Waals surface area contributed by atoms with Crippen LogP contribution in [0.15, 0.2) is 24.3 Å². The molecule has 2 nitrogen and oxygen atoms in total. The second-order valence-corrected chi connectivity index (χ2v) is 6.71. The highest BCUT2D eigenvalue weighted by atomic mass is 16.7. The average Bonchev–Trinajstić information content (AvgIpc) is 2.50. The van der Waals surface area contributed by atoms with Gasteiger partial charge in [0.2, 0.25) is 0 Å². The lowest BCUT2D eigenvalue weighted by molar-refractivity contribution is -0.231. The lowest BCUT2D eigenvalue weighted by Crippen LogP contribution is -2.36. The predicted octanol–water partition coefficient (Wildman–Crippen LogP) is 5.27. The Kier molecular flexibility index (Phi) is 6.25. The quantitative estimate of drug-likeness (QED) is 0.637. The number of benzene rings is 1. The summed E-state index contributed by atoms with van der Waals surface area (Å²) in [4.78, 5) is 0. The lowest BCUT2D eigenvalue weighted by atomic mass is 9.85. The first-order valence-corrected chi connectivity index (χ1v) is 8.49. The highest BCUT2D eigenvalue weighted by molar-refractivity contribution is 5.23. The van der Waals surface area contributed by atoms with Crippen molar-refractivity contribution in [1.82, 2.24) is 0 Å². The maximum Gasteiger partial charge on any atom is 0.183 e. The minimum atomic E-state index is -0.181. The van der Waals surface area contributed by atoms with Crippen LogP contribution in [-0.4, -0.2) is 13.2 Å². The van der Waals surface area contributed by atoms with Gasteiger partial charge in [-0.05, 0) is 18.4 Å². The summed E-state index contributed by atoms with van der Waals surface area (Å²) in [5.74, 6) is 0. The average molecular weight is 290 g/mol. The van der Waals surface area contributed by atoms with Crippen molar-refractivity contribution in [1.29, 1.82) is 0 Å². The summed E-state index contributed by atoms with van der Waals surface area (Å²) in [6.45, 7) is 8.34. The van der Waals surface area contributed by atoms with Gasteiger partial charge in [0, 0.05) is 11.0 Å². The van der Waals surface area contributed by atoms with Crippen LogP contribution in [0.4, 0.5) is 0 Å². The maximum atomic E-state index is 5.99. The van der Waals surface area contributed by atoms with Crippen molar-refractivity contribution >= 4 is 0 Å². The number of hydrogen-bond donors (Lipinski definition) is 0. The second-order valence-electron chi connectivity index (χ2n) is 6.71. The number of ether oxygens (including phenoxy) is 2. The van der Waals surface area contributed by atoms with Crippen molar-refractivity contribution in [2.24, 2.45) is 5.41 Å². The molecule has 0 N–H and O–H groups in total. The first-order valence-electron chi connectivity index (χ1n) is 8.49. The minimum absolute atomic E-state index is 0.181. The van der Waals surface area contributed by atoms with E-state index in [1.807, 2.05) is 0 Å². The van der Waals surface area contributed by atoms with Gasteiger partial charge in [-0.3, -0.25) is 0 Å². The van der Waals surface area contributed by atoms with Gasteiger partial charge in [-0.2, -0.15) is 0 Å². The molecule has 1 aliphatic heterocycles. The van der Waals surface area contributed by atoms with Crippen LogP contribution in [-0.2, 0) is 15.9 Å². The zero-order chi connectivity index (χ0) is 15.1. The molecule has 0 bridgehead atoms. The molecule has 1 aliphatic rings. The second kappa shape index (κ2) is 7.95. The third-order valence-corrected chi connectivity index (χ3v) is 4.34. The van der Waals surface area contributed by atoms with E-state index in [1.54, 1.807) is 0 Å². The minimum Gasteiger partial charge on any atom is -0.348 e. The number of unbranched alkanes of at least 4 members (excludes halogenated alkanes) is 2. The molecule has 0 unspecified atom stereocenters. The lowest BCUT2D eigenvalue weighted by Gasteiger charge is -2.37. The molecule has 0 atom stereocenters. The third kappa shape index (κ3) is 4.82. The molecule has 21 heavy (non-hydrogen) atoms. The van der Waals surface area contributed by atoms with E-state index in [0.717, 1.165) is 25.2 Å². The summed E-state index contributed by atoms with van der Waals surface area (Å²) in [5, 5.41) is 0. The number of aryl methyl sites for hydroxylation is 1. The number of hydrogen-bond acceptors (Lipinski definition) is 2. The zero-order valence-corrected chi connectivity index (χ0v) is 13.9. The van der Waals surface area contributed by atoms with E-state index in [2.05, 4.69) is 45.0 Å². The molecule has 1 fully saturated rings. The first-order chi connectivity index (χ1) is 10.2. The Morgan fingerprint density at radius 3 is 2.24 bits per heavy atom. The maximum absolute atomic E-state index is 5.99. The summed E-state index contributed by atoms with van der Waals surface area (Å²) < 4.78 is 12.0. The van der Waals surface area contributed by atoms with E-state index in [4.69, 9.17) is 9.47 Å². The van der Waals surface area contributed by atoms with Crippen molar-refractivity contribution < 1.29 is 9.47 Å². The van der Waals surface area contributed by atoms with E-state index in [0.29, 0.717) is 0 Å². The molecule has 1 heterocycles. The molecule has 0 aliphatic carbocycles. The van der Waals surface area contributed by atoms with Crippen molar-refractivity contribution in [2.75, 3.05) is 13.2 Å². The van der Waals surface area contributed by atoms with Gasteiger partial charge in [-0.25, -0.2) is 0 Å². The Morgan fingerprint density at radius 2 is 1.67 bits per heavy atom. The Labute approximate surface area is 129 Å². The van der Waals surface area contributed by atoms with Crippen LogP contribution in [0.2, 0.25) is 0 Å². The summed E-state index contributed by atoms with van der Waals surface area (Å²) in [6, 6.07) is 8.69. The molecule has 0 amide bonds. The predicted molar refractivity (Wildman–Crippen MR) is 87.3 cm³/mol. The van der Waals surface area contributed by atoms with Gasteiger partial charge < -0.3 is 9.47 Å². The summed E-state index contributed by atoms with van der Waals surface area (Å²) in [7, 11) is 0. The zero-order valence-electron chi connectivity index (χ0n) is 13.9. The Hall–Kier alpha value is -0.860. The fourth-order valence-corrected chi connectivity index (χ4v) is 2.91. The van der Waals surface area contributed by atoms with Crippen molar-refractivity contribution in [3.63, 3.8) is 0 Å². The highest BCUT2D eigenvalue weighted by Gasteiger charge is 2.32. The van der Waals surface area contributed by atoms with Gasteiger partial charge in [0.25, 0.3) is 0 Å². The van der Waals surface area contributed by atoms with E-state index in [1.165, 1.54) is 37.7 Å². The van der Waals surface area contributed by atoms with E-state index < -0.39 is 0 Å². The van der Waals surface area contributed by atoms with Crippen LogP contribution < -0.4 is 0 Å². The molecule has 2 heteroatoms. The van der Waals surface area contributed by atoms with Gasteiger partial charge in [0.15, 0.2) is 6.29 Å². The van der Waals surface area contributed by atoms with Crippen LogP contribution in [0.25, 0.3) is 0 Å². The van der Waals surface area contributed by atoms with Gasteiger partial charge in [0.05, 0.1) is 13.2 Å². The van der Waals surface area contributed by atoms with Crippen LogP contribution >= 0.6 is 0 Å². The molecule has 2 rings (SSSR count). The van der Waals surface area contributed by atoms with E-state index in [-0.39, 0.29) is 11.7 Å². The Morgan fingerprint density at radius 1 is 1.00 bits per heavy atom. The monoisotopic (exact) mass is 290 g/mol. The molecular weight excluding hydrogens is 260 g/mol. The largest absolute Gasteiger partial charge is 0.348 e. The van der Waals surface area contributed by atoms with Gasteiger partial charge in [0.1, 0.15) is 0 Å². The molecule has 1 aromatic carbocycles. The van der Waals surface area contributed by atoms with Crippen LogP contribution in [0.3, 0.4) is 0 Å². The van der Waals surface area contributed by atoms with Gasteiger partial charge in [-0.1, -0.05) is 70.7 Å². The molecule has 1 saturated heterocycles. The highest BCUT2D eigenvalue weighted by Crippen LogP contribution is 2.35.